The lowest BCUT2D eigenvalue weighted by molar-refractivity contribution is 0.401. The Bertz CT molecular complexity index is 415. The number of rotatable bonds is 2. The summed E-state index contributed by atoms with van der Waals surface area (Å²) in [6, 6.07) is 0. The third-order valence-corrected chi connectivity index (χ3v) is 2.15. The molecule has 3 N–H and O–H groups in total. The van der Waals surface area contributed by atoms with Crippen molar-refractivity contribution in [3.63, 3.8) is 0 Å². The molecule has 1 aromatic rings. The highest BCUT2D eigenvalue weighted by Gasteiger charge is 2.18. The molecular formula is C7H14N4O2S. The van der Waals surface area contributed by atoms with Crippen molar-refractivity contribution in [2.24, 2.45) is 10.6 Å². The van der Waals surface area contributed by atoms with Crippen LogP contribution >= 0.6 is 0 Å². The van der Waals surface area contributed by atoms with Gasteiger partial charge in [0, 0.05) is 6.42 Å². The topological polar surface area (TPSA) is 102 Å². The number of hydrogen-bond acceptors (Lipinski definition) is 4. The van der Waals surface area contributed by atoms with Crippen LogP contribution in [0.25, 0.3) is 0 Å². The summed E-state index contributed by atoms with van der Waals surface area (Å²) in [5, 5.41) is 10.6. The molecule has 0 amide bonds. The van der Waals surface area contributed by atoms with E-state index in [2.05, 4.69) is 15.2 Å². The normalized spacial score (nSPS) is 13.1. The maximum atomic E-state index is 10.8. The molecule has 0 fully saturated rings. The lowest BCUT2D eigenvalue weighted by atomic mass is 9.92. The van der Waals surface area contributed by atoms with E-state index in [0.29, 0.717) is 12.2 Å². The lowest BCUT2D eigenvalue weighted by Gasteiger charge is -2.14. The first kappa shape index (κ1) is 11.1. The fourth-order valence-corrected chi connectivity index (χ4v) is 1.40. The van der Waals surface area contributed by atoms with Crippen molar-refractivity contribution < 1.29 is 8.42 Å². The number of H-pyrrole nitrogens is 1. The van der Waals surface area contributed by atoms with Crippen LogP contribution in [0.1, 0.15) is 26.6 Å². The maximum Gasteiger partial charge on any atom is 0.282 e. The van der Waals surface area contributed by atoms with Gasteiger partial charge in [-0.05, 0) is 5.41 Å². The van der Waals surface area contributed by atoms with Gasteiger partial charge in [0.05, 0.1) is 0 Å². The molecule has 80 valence electrons. The largest absolute Gasteiger partial charge is 0.282 e. The molecule has 0 aliphatic heterocycles. The standard InChI is InChI=1S/C7H14N4O2S/c1-7(2,3)4-5-9-6(11-10-5)14(8,12)13/h4H2,1-3H3,(H2,8,12,13)(H,9,10,11). The van der Waals surface area contributed by atoms with E-state index >= 15 is 0 Å². The molecule has 1 heterocycles. The third kappa shape index (κ3) is 3.08. The average molecular weight is 218 g/mol. The van der Waals surface area contributed by atoms with Gasteiger partial charge in [-0.3, -0.25) is 5.10 Å². The van der Waals surface area contributed by atoms with Gasteiger partial charge in [0.25, 0.3) is 15.2 Å². The Labute approximate surface area is 83.0 Å². The van der Waals surface area contributed by atoms with E-state index < -0.39 is 10.0 Å². The van der Waals surface area contributed by atoms with Crippen LogP contribution in [-0.2, 0) is 16.4 Å². The highest BCUT2D eigenvalue weighted by Crippen LogP contribution is 2.18. The fourth-order valence-electron chi connectivity index (χ4n) is 0.986. The molecule has 0 unspecified atom stereocenters. The van der Waals surface area contributed by atoms with Crippen LogP contribution < -0.4 is 5.14 Å². The van der Waals surface area contributed by atoms with Crippen molar-refractivity contribution in [1.29, 1.82) is 0 Å². The molecule has 0 radical (unpaired) electrons. The summed E-state index contributed by atoms with van der Waals surface area (Å²) in [6.07, 6.45) is 0.621. The minimum Gasteiger partial charge on any atom is -0.262 e. The predicted octanol–water partition coefficient (Wildman–Crippen LogP) is 0.0407. The highest BCUT2D eigenvalue weighted by molar-refractivity contribution is 7.89. The van der Waals surface area contributed by atoms with Crippen molar-refractivity contribution >= 4 is 10.0 Å². The van der Waals surface area contributed by atoms with Gasteiger partial charge in [0.1, 0.15) is 5.82 Å². The molecule has 0 saturated heterocycles. The molecule has 0 aliphatic rings. The average Bonchev–Trinajstić information content (AvgIpc) is 2.29. The second-order valence-electron chi connectivity index (χ2n) is 4.35. The number of hydrogen-bond donors (Lipinski definition) is 2. The van der Waals surface area contributed by atoms with Crippen LogP contribution in [0.2, 0.25) is 0 Å². The van der Waals surface area contributed by atoms with Crippen molar-refractivity contribution in [3.8, 4) is 0 Å². The number of aromatic nitrogens is 3. The number of nitrogens with one attached hydrogen (secondary N) is 1. The van der Waals surface area contributed by atoms with Gasteiger partial charge in [-0.2, -0.15) is 0 Å². The van der Waals surface area contributed by atoms with Crippen molar-refractivity contribution in [2.75, 3.05) is 0 Å². The molecule has 1 aromatic heterocycles. The van der Waals surface area contributed by atoms with Crippen molar-refractivity contribution in [2.45, 2.75) is 32.3 Å². The fraction of sp³-hybridized carbons (Fsp3) is 0.714. The lowest BCUT2D eigenvalue weighted by Crippen LogP contribution is -2.14. The number of nitrogens with zero attached hydrogens (tertiary/aromatic N) is 2. The van der Waals surface area contributed by atoms with Crippen LogP contribution in [0.4, 0.5) is 0 Å². The smallest absolute Gasteiger partial charge is 0.262 e. The Morgan fingerprint density at radius 2 is 2.00 bits per heavy atom. The molecule has 0 atom stereocenters. The Kier molecular flexibility index (Phi) is 2.64. The Balaban J connectivity index is 2.90. The molecule has 6 nitrogen and oxygen atoms in total. The number of primary sulfonamides is 1. The SMILES string of the molecule is CC(C)(C)Cc1nc(S(N)(=O)=O)n[nH]1. The zero-order valence-electron chi connectivity index (χ0n) is 8.40. The van der Waals surface area contributed by atoms with Crippen LogP contribution in [0.5, 0.6) is 0 Å². The molecule has 0 aromatic carbocycles. The number of sulfonamides is 1. The number of nitrogens with two attached hydrogens (primary N) is 1. The summed E-state index contributed by atoms with van der Waals surface area (Å²) in [6.45, 7) is 6.06. The zero-order valence-corrected chi connectivity index (χ0v) is 9.22. The zero-order chi connectivity index (χ0) is 11.0. The van der Waals surface area contributed by atoms with Gasteiger partial charge in [0.15, 0.2) is 0 Å². The minimum atomic E-state index is -3.79. The molecule has 1 rings (SSSR count). The van der Waals surface area contributed by atoms with Crippen LogP contribution in [0, 0.1) is 5.41 Å². The monoisotopic (exact) mass is 218 g/mol. The molecule has 14 heavy (non-hydrogen) atoms. The van der Waals surface area contributed by atoms with E-state index in [9.17, 15) is 8.42 Å². The van der Waals surface area contributed by atoms with Crippen molar-refractivity contribution in [1.82, 2.24) is 15.2 Å². The molecule has 0 spiro atoms. The first-order chi connectivity index (χ1) is 6.18. The van der Waals surface area contributed by atoms with Gasteiger partial charge >= 0.3 is 0 Å². The van der Waals surface area contributed by atoms with Crippen LogP contribution in [0.3, 0.4) is 0 Å². The predicted molar refractivity (Wildman–Crippen MR) is 50.9 cm³/mol. The van der Waals surface area contributed by atoms with Gasteiger partial charge in [-0.15, -0.1) is 5.10 Å². The van der Waals surface area contributed by atoms with E-state index in [-0.39, 0.29) is 10.6 Å². The second kappa shape index (κ2) is 3.32. The van der Waals surface area contributed by atoms with E-state index in [1.807, 2.05) is 20.8 Å². The summed E-state index contributed by atoms with van der Waals surface area (Å²) in [4.78, 5) is 3.79. The number of aromatic amines is 1. The van der Waals surface area contributed by atoms with E-state index in [1.165, 1.54) is 0 Å². The molecular weight excluding hydrogens is 204 g/mol. The van der Waals surface area contributed by atoms with Crippen molar-refractivity contribution in [3.05, 3.63) is 5.82 Å². The summed E-state index contributed by atoms with van der Waals surface area (Å²) in [5.74, 6) is 0.529. The summed E-state index contributed by atoms with van der Waals surface area (Å²) < 4.78 is 21.7. The van der Waals surface area contributed by atoms with Gasteiger partial charge in [-0.25, -0.2) is 18.5 Å². The van der Waals surface area contributed by atoms with E-state index in [4.69, 9.17) is 5.14 Å². The molecule has 0 saturated carbocycles. The molecule has 0 bridgehead atoms. The molecule has 0 aliphatic carbocycles. The Morgan fingerprint density at radius 1 is 1.43 bits per heavy atom. The molecule has 7 heteroatoms. The maximum absolute atomic E-state index is 10.8. The summed E-state index contributed by atoms with van der Waals surface area (Å²) in [5.41, 5.74) is 0.0230. The van der Waals surface area contributed by atoms with Gasteiger partial charge < -0.3 is 0 Å². The Morgan fingerprint density at radius 3 is 2.36 bits per heavy atom. The quantitative estimate of drug-likeness (QED) is 0.731. The first-order valence-electron chi connectivity index (χ1n) is 4.12. The van der Waals surface area contributed by atoms with Crippen LogP contribution in [0.15, 0.2) is 5.16 Å². The van der Waals surface area contributed by atoms with Crippen LogP contribution in [-0.4, -0.2) is 23.6 Å². The Hall–Kier alpha value is -0.950. The van der Waals surface area contributed by atoms with Gasteiger partial charge in [0.2, 0.25) is 0 Å². The summed E-state index contributed by atoms with van der Waals surface area (Å²) in [7, 11) is -3.79. The van der Waals surface area contributed by atoms with E-state index in [1.54, 1.807) is 0 Å². The highest BCUT2D eigenvalue weighted by atomic mass is 32.2. The minimum absolute atomic E-state index is 0.0230. The summed E-state index contributed by atoms with van der Waals surface area (Å²) >= 11 is 0. The van der Waals surface area contributed by atoms with E-state index in [0.717, 1.165) is 0 Å². The third-order valence-electron chi connectivity index (χ3n) is 1.46. The first-order valence-corrected chi connectivity index (χ1v) is 5.67. The van der Waals surface area contributed by atoms with Gasteiger partial charge in [-0.1, -0.05) is 20.8 Å². The second-order valence-corrected chi connectivity index (χ2v) is 5.80.